The van der Waals surface area contributed by atoms with E-state index in [-0.39, 0.29) is 17.2 Å². The van der Waals surface area contributed by atoms with Gasteiger partial charge in [0.15, 0.2) is 11.6 Å². The van der Waals surface area contributed by atoms with Crippen molar-refractivity contribution in [1.82, 2.24) is 15.3 Å². The van der Waals surface area contributed by atoms with E-state index in [2.05, 4.69) is 25.9 Å². The molecule has 160 valence electrons. The van der Waals surface area contributed by atoms with Crippen LogP contribution in [0, 0.1) is 5.82 Å². The topological polar surface area (TPSA) is 142 Å². The molecule has 6 N–H and O–H groups in total. The second-order valence-corrected chi connectivity index (χ2v) is 7.38. The van der Waals surface area contributed by atoms with Crippen LogP contribution in [0.25, 0.3) is 0 Å². The minimum Gasteiger partial charge on any atom is -0.465 e. The highest BCUT2D eigenvalue weighted by molar-refractivity contribution is 5.98. The van der Waals surface area contributed by atoms with Crippen LogP contribution in [-0.4, -0.2) is 39.2 Å². The summed E-state index contributed by atoms with van der Waals surface area (Å²) in [5.41, 5.74) is 7.00. The molecule has 0 spiro atoms. The predicted octanol–water partition coefficient (Wildman–Crippen LogP) is 3.18. The zero-order valence-electron chi connectivity index (χ0n) is 16.8. The van der Waals surface area contributed by atoms with Crippen molar-refractivity contribution >= 4 is 29.3 Å². The molecule has 2 amide bonds. The first-order chi connectivity index (χ1) is 14.3. The Morgan fingerprint density at radius 1 is 1.30 bits per heavy atom. The van der Waals surface area contributed by atoms with Gasteiger partial charge in [-0.25, -0.2) is 14.2 Å². The lowest BCUT2D eigenvalue weighted by molar-refractivity contribution is 0.100. The van der Waals surface area contributed by atoms with E-state index >= 15 is 0 Å². The third kappa shape index (κ3) is 5.13. The first-order valence-electron chi connectivity index (χ1n) is 9.76. The van der Waals surface area contributed by atoms with E-state index in [9.17, 15) is 14.0 Å². The molecule has 0 unspecified atom stereocenters. The van der Waals surface area contributed by atoms with Crippen molar-refractivity contribution in [2.75, 3.05) is 10.6 Å². The van der Waals surface area contributed by atoms with E-state index in [0.717, 1.165) is 24.5 Å². The summed E-state index contributed by atoms with van der Waals surface area (Å²) in [6.07, 6.45) is 4.93. The van der Waals surface area contributed by atoms with Gasteiger partial charge in [0.2, 0.25) is 0 Å². The molecule has 2 aromatic heterocycles. The van der Waals surface area contributed by atoms with E-state index in [1.54, 1.807) is 19.3 Å². The van der Waals surface area contributed by atoms with Crippen molar-refractivity contribution in [3.8, 4) is 0 Å². The van der Waals surface area contributed by atoms with Crippen molar-refractivity contribution in [3.63, 3.8) is 0 Å². The molecule has 10 heteroatoms. The molecule has 2 aromatic rings. The number of nitrogens with two attached hydrogens (primary N) is 1. The zero-order chi connectivity index (χ0) is 21.8. The molecule has 9 nitrogen and oxygen atoms in total. The van der Waals surface area contributed by atoms with E-state index < -0.39 is 29.9 Å². The number of pyridine rings is 2. The number of carbonyl (C=O) groups is 2. The highest BCUT2D eigenvalue weighted by atomic mass is 19.1. The van der Waals surface area contributed by atoms with Crippen molar-refractivity contribution in [2.24, 2.45) is 5.73 Å². The van der Waals surface area contributed by atoms with Crippen LogP contribution >= 0.6 is 0 Å². The number of nitrogens with one attached hydrogen (secondary N) is 3. The van der Waals surface area contributed by atoms with Gasteiger partial charge in [0.05, 0.1) is 23.5 Å². The average Bonchev–Trinajstić information content (AvgIpc) is 3.53. The average molecular weight is 416 g/mol. The fourth-order valence-electron chi connectivity index (χ4n) is 3.23. The molecule has 1 saturated carbocycles. The van der Waals surface area contributed by atoms with Gasteiger partial charge in [-0.3, -0.25) is 9.78 Å². The molecular weight excluding hydrogens is 391 g/mol. The lowest BCUT2D eigenvalue weighted by atomic mass is 10.1. The summed E-state index contributed by atoms with van der Waals surface area (Å²) in [7, 11) is 0. The minimum absolute atomic E-state index is 0.0904. The Morgan fingerprint density at radius 2 is 2.03 bits per heavy atom. The van der Waals surface area contributed by atoms with E-state index in [0.29, 0.717) is 18.0 Å². The van der Waals surface area contributed by atoms with Crippen LogP contribution in [0.4, 0.5) is 26.5 Å². The molecule has 2 atom stereocenters. The Kier molecular flexibility index (Phi) is 6.34. The van der Waals surface area contributed by atoms with Crippen LogP contribution in [0.2, 0.25) is 0 Å². The second kappa shape index (κ2) is 8.93. The normalized spacial score (nSPS) is 15.2. The van der Waals surface area contributed by atoms with E-state index in [4.69, 9.17) is 10.8 Å². The number of nitrogens with zero attached hydrogens (tertiary/aromatic N) is 2. The maximum absolute atomic E-state index is 14.6. The van der Waals surface area contributed by atoms with Crippen LogP contribution in [0.3, 0.4) is 0 Å². The lowest BCUT2D eigenvalue weighted by Gasteiger charge is -2.24. The standard InChI is InChI=1S/C20H25FN6O3/c1-3-16(26-20(29)30)10(2)24-19-15(21)7-14(17(22)28)18(27-19)25-13-6-12(8-23-9-13)11-4-5-11/h6-11,16,26H,3-5H2,1-2H3,(H2,22,28)(H,29,30)(H2,24,25,27)/t10-,16+/m1/s1. The molecule has 0 aliphatic heterocycles. The third-order valence-electron chi connectivity index (χ3n) is 5.03. The Hall–Kier alpha value is -3.43. The summed E-state index contributed by atoms with van der Waals surface area (Å²) < 4.78 is 14.6. The number of hydrogen-bond acceptors (Lipinski definition) is 6. The molecule has 0 saturated heterocycles. The van der Waals surface area contributed by atoms with Gasteiger partial charge < -0.3 is 26.8 Å². The summed E-state index contributed by atoms with van der Waals surface area (Å²) >= 11 is 0. The summed E-state index contributed by atoms with van der Waals surface area (Å²) in [4.78, 5) is 31.2. The molecule has 3 rings (SSSR count). The first-order valence-corrected chi connectivity index (χ1v) is 9.76. The molecule has 0 radical (unpaired) electrons. The van der Waals surface area contributed by atoms with E-state index in [1.165, 1.54) is 0 Å². The molecule has 30 heavy (non-hydrogen) atoms. The second-order valence-electron chi connectivity index (χ2n) is 7.38. The molecule has 1 aliphatic rings. The summed E-state index contributed by atoms with van der Waals surface area (Å²) in [5.74, 6) is -1.13. The molecule has 1 fully saturated rings. The molecule has 0 aromatic carbocycles. The largest absolute Gasteiger partial charge is 0.465 e. The molecule has 2 heterocycles. The number of carboxylic acid groups (broad SMARTS) is 1. The fourth-order valence-corrected chi connectivity index (χ4v) is 3.23. The summed E-state index contributed by atoms with van der Waals surface area (Å²) in [6.45, 7) is 3.52. The number of aromatic nitrogens is 2. The number of primary amides is 1. The van der Waals surface area contributed by atoms with Gasteiger partial charge in [-0.1, -0.05) is 6.92 Å². The van der Waals surface area contributed by atoms with Crippen molar-refractivity contribution in [1.29, 1.82) is 0 Å². The molecule has 0 bridgehead atoms. The first kappa shape index (κ1) is 21.3. The highest BCUT2D eigenvalue weighted by Crippen LogP contribution is 2.40. The fraction of sp³-hybridized carbons (Fsp3) is 0.400. The van der Waals surface area contributed by atoms with Gasteiger partial charge in [-0.15, -0.1) is 0 Å². The quantitative estimate of drug-likeness (QED) is 0.422. The Labute approximate surface area is 173 Å². The van der Waals surface area contributed by atoms with Crippen molar-refractivity contribution in [2.45, 2.75) is 51.1 Å². The summed E-state index contributed by atoms with van der Waals surface area (Å²) in [5, 5.41) is 17.2. The Morgan fingerprint density at radius 3 is 2.63 bits per heavy atom. The van der Waals surface area contributed by atoms with Crippen LogP contribution in [0.5, 0.6) is 0 Å². The SMILES string of the molecule is CC[C@H](NC(=O)O)[C@@H](C)Nc1nc(Nc2cncc(C3CC3)c2)c(C(N)=O)cc1F. The van der Waals surface area contributed by atoms with Crippen LogP contribution < -0.4 is 21.7 Å². The lowest BCUT2D eigenvalue weighted by Crippen LogP contribution is -2.44. The van der Waals surface area contributed by atoms with Crippen LogP contribution in [0.15, 0.2) is 24.5 Å². The summed E-state index contributed by atoms with van der Waals surface area (Å²) in [6, 6.07) is 2.01. The number of rotatable bonds is 9. The zero-order valence-corrected chi connectivity index (χ0v) is 16.8. The van der Waals surface area contributed by atoms with Gasteiger partial charge in [-0.05, 0) is 49.8 Å². The monoisotopic (exact) mass is 416 g/mol. The minimum atomic E-state index is -1.17. The highest BCUT2D eigenvalue weighted by Gasteiger charge is 2.25. The van der Waals surface area contributed by atoms with Crippen molar-refractivity contribution in [3.05, 3.63) is 41.5 Å². The number of carbonyl (C=O) groups excluding carboxylic acids is 1. The van der Waals surface area contributed by atoms with Crippen molar-refractivity contribution < 1.29 is 19.1 Å². The van der Waals surface area contributed by atoms with Gasteiger partial charge >= 0.3 is 6.09 Å². The number of amides is 2. The van der Waals surface area contributed by atoms with Gasteiger partial charge in [0.1, 0.15) is 5.82 Å². The van der Waals surface area contributed by atoms with Crippen LogP contribution in [-0.2, 0) is 0 Å². The number of halogens is 1. The predicted molar refractivity (Wildman–Crippen MR) is 111 cm³/mol. The number of anilines is 3. The molecular formula is C20H25FN6O3. The maximum Gasteiger partial charge on any atom is 0.404 e. The van der Waals surface area contributed by atoms with Gasteiger partial charge in [-0.2, -0.15) is 0 Å². The Balaban J connectivity index is 1.87. The van der Waals surface area contributed by atoms with Crippen LogP contribution in [0.1, 0.15) is 54.9 Å². The van der Waals surface area contributed by atoms with Gasteiger partial charge in [0, 0.05) is 12.2 Å². The number of hydrogen-bond donors (Lipinski definition) is 5. The molecule has 1 aliphatic carbocycles. The smallest absolute Gasteiger partial charge is 0.404 e. The maximum atomic E-state index is 14.6. The third-order valence-corrected chi connectivity index (χ3v) is 5.03. The van der Waals surface area contributed by atoms with Gasteiger partial charge in [0.25, 0.3) is 5.91 Å². The van der Waals surface area contributed by atoms with E-state index in [1.807, 2.05) is 13.0 Å². The Bertz CT molecular complexity index is 950.